The standard InChI is InChI=1S/C24H26FNO2Si/c1-3-29-16(2)17-4-6-18(7-5-17)19-8-10-20(11-9-19)24(27)28-22-13-12-21(15-26)23(25)14-22/h8-14,16-18H,3-7H2,1-2H3. The van der Waals surface area contributed by atoms with E-state index in [1.165, 1.54) is 49.4 Å². The van der Waals surface area contributed by atoms with E-state index in [9.17, 15) is 9.18 Å². The van der Waals surface area contributed by atoms with Crippen LogP contribution in [0.3, 0.4) is 0 Å². The van der Waals surface area contributed by atoms with Crippen molar-refractivity contribution in [2.75, 3.05) is 0 Å². The molecule has 2 aromatic carbocycles. The van der Waals surface area contributed by atoms with Gasteiger partial charge in [0.2, 0.25) is 0 Å². The Hall–Kier alpha value is -2.45. The first-order valence-corrected chi connectivity index (χ1v) is 11.6. The number of carbonyl (C=O) groups excluding carboxylic acids is 1. The smallest absolute Gasteiger partial charge is 0.343 e. The van der Waals surface area contributed by atoms with Crippen molar-refractivity contribution in [3.8, 4) is 11.8 Å². The molecule has 0 aromatic heterocycles. The van der Waals surface area contributed by atoms with Gasteiger partial charge in [0.1, 0.15) is 17.6 Å². The monoisotopic (exact) mass is 407 g/mol. The van der Waals surface area contributed by atoms with Crippen molar-refractivity contribution in [1.82, 2.24) is 0 Å². The maximum absolute atomic E-state index is 13.7. The number of hydrogen-bond donors (Lipinski definition) is 0. The van der Waals surface area contributed by atoms with Crippen LogP contribution in [0.5, 0.6) is 5.75 Å². The van der Waals surface area contributed by atoms with Crippen LogP contribution in [0.2, 0.25) is 11.6 Å². The van der Waals surface area contributed by atoms with Crippen molar-refractivity contribution in [1.29, 1.82) is 5.26 Å². The predicted molar refractivity (Wildman–Crippen MR) is 113 cm³/mol. The highest BCUT2D eigenvalue weighted by Gasteiger charge is 2.26. The zero-order chi connectivity index (χ0) is 20.8. The Bertz CT molecular complexity index is 883. The topological polar surface area (TPSA) is 50.1 Å². The molecule has 1 saturated carbocycles. The maximum atomic E-state index is 13.7. The summed E-state index contributed by atoms with van der Waals surface area (Å²) < 4.78 is 18.9. The van der Waals surface area contributed by atoms with Gasteiger partial charge in [-0.05, 0) is 72.9 Å². The number of nitrogens with zero attached hydrogens (tertiary/aromatic N) is 1. The lowest BCUT2D eigenvalue weighted by molar-refractivity contribution is 0.0734. The average molecular weight is 408 g/mol. The SMILES string of the molecule is CC[Si]C(C)C1CCC(c2ccc(C(=O)Oc3ccc(C#N)c(F)c3)cc2)CC1. The third kappa shape index (κ3) is 5.33. The second-order valence-corrected chi connectivity index (χ2v) is 9.75. The van der Waals surface area contributed by atoms with Crippen LogP contribution in [0.15, 0.2) is 42.5 Å². The molecule has 1 unspecified atom stereocenters. The molecule has 1 fully saturated rings. The van der Waals surface area contributed by atoms with Crippen molar-refractivity contribution in [2.24, 2.45) is 5.92 Å². The van der Waals surface area contributed by atoms with Gasteiger partial charge in [0.05, 0.1) is 11.1 Å². The van der Waals surface area contributed by atoms with Crippen molar-refractivity contribution >= 4 is 15.5 Å². The van der Waals surface area contributed by atoms with Crippen LogP contribution in [0.4, 0.5) is 4.39 Å². The predicted octanol–water partition coefficient (Wildman–Crippen LogP) is 6.14. The Morgan fingerprint density at radius 1 is 1.21 bits per heavy atom. The van der Waals surface area contributed by atoms with Crippen LogP contribution in [-0.4, -0.2) is 15.5 Å². The van der Waals surface area contributed by atoms with Gasteiger partial charge in [0.25, 0.3) is 0 Å². The molecule has 150 valence electrons. The van der Waals surface area contributed by atoms with E-state index in [4.69, 9.17) is 10.00 Å². The first-order chi connectivity index (χ1) is 14.0. The van der Waals surface area contributed by atoms with Crippen molar-refractivity contribution in [3.63, 3.8) is 0 Å². The summed E-state index contributed by atoms with van der Waals surface area (Å²) in [6.07, 6.45) is 4.98. The zero-order valence-corrected chi connectivity index (χ0v) is 18.0. The van der Waals surface area contributed by atoms with Gasteiger partial charge in [-0.25, -0.2) is 9.18 Å². The van der Waals surface area contributed by atoms with Crippen LogP contribution >= 0.6 is 0 Å². The number of halogens is 1. The molecule has 0 bridgehead atoms. The lowest BCUT2D eigenvalue weighted by Gasteiger charge is -2.32. The Labute approximate surface area is 174 Å². The molecule has 1 aliphatic rings. The molecule has 0 amide bonds. The lowest BCUT2D eigenvalue weighted by atomic mass is 9.77. The third-order valence-corrected chi connectivity index (χ3v) is 7.42. The molecule has 0 heterocycles. The van der Waals surface area contributed by atoms with Crippen molar-refractivity contribution < 1.29 is 13.9 Å². The molecule has 0 saturated heterocycles. The normalized spacial score (nSPS) is 19.9. The first-order valence-electron chi connectivity index (χ1n) is 10.3. The van der Waals surface area contributed by atoms with E-state index in [2.05, 4.69) is 13.8 Å². The molecule has 0 aliphatic heterocycles. The van der Waals surface area contributed by atoms with Gasteiger partial charge in [0, 0.05) is 15.6 Å². The highest BCUT2D eigenvalue weighted by atomic mass is 28.2. The van der Waals surface area contributed by atoms with Crippen LogP contribution in [0, 0.1) is 23.1 Å². The minimum absolute atomic E-state index is 0.0755. The van der Waals surface area contributed by atoms with E-state index in [-0.39, 0.29) is 11.3 Å². The van der Waals surface area contributed by atoms with E-state index < -0.39 is 11.8 Å². The number of ether oxygens (including phenoxy) is 1. The molecule has 1 atom stereocenters. The van der Waals surface area contributed by atoms with E-state index in [0.717, 1.165) is 27.0 Å². The molecule has 3 rings (SSSR count). The molecule has 0 N–H and O–H groups in total. The fraction of sp³-hybridized carbons (Fsp3) is 0.417. The summed E-state index contributed by atoms with van der Waals surface area (Å²) in [6, 6.07) is 14.4. The Balaban J connectivity index is 1.58. The number of rotatable bonds is 6. The molecular weight excluding hydrogens is 381 g/mol. The van der Waals surface area contributed by atoms with Gasteiger partial charge in [-0.1, -0.05) is 32.0 Å². The minimum Gasteiger partial charge on any atom is -0.423 e. The van der Waals surface area contributed by atoms with E-state index in [0.29, 0.717) is 11.5 Å². The summed E-state index contributed by atoms with van der Waals surface area (Å²) in [7, 11) is 1.07. The molecule has 5 heteroatoms. The number of esters is 1. The molecule has 1 aliphatic carbocycles. The molecular formula is C24H26FNO2Si. The zero-order valence-electron chi connectivity index (χ0n) is 17.0. The number of nitriles is 1. The fourth-order valence-corrected chi connectivity index (χ4v) is 5.46. The highest BCUT2D eigenvalue weighted by molar-refractivity contribution is 6.37. The maximum Gasteiger partial charge on any atom is 0.343 e. The first kappa shape index (κ1) is 21.3. The second kappa shape index (κ2) is 9.84. The third-order valence-electron chi connectivity index (χ3n) is 5.89. The summed E-state index contributed by atoms with van der Waals surface area (Å²) in [5.41, 5.74) is 2.47. The quantitative estimate of drug-likeness (QED) is 0.328. The van der Waals surface area contributed by atoms with Gasteiger partial charge in [-0.15, -0.1) is 0 Å². The molecule has 3 nitrogen and oxygen atoms in total. The van der Waals surface area contributed by atoms with E-state index in [1.807, 2.05) is 12.1 Å². The minimum atomic E-state index is -0.697. The Morgan fingerprint density at radius 3 is 2.48 bits per heavy atom. The molecule has 2 radical (unpaired) electrons. The molecule has 29 heavy (non-hydrogen) atoms. The van der Waals surface area contributed by atoms with Crippen LogP contribution in [0.25, 0.3) is 0 Å². The Kier molecular flexibility index (Phi) is 7.22. The van der Waals surface area contributed by atoms with Crippen molar-refractivity contribution in [2.45, 2.75) is 57.0 Å². The van der Waals surface area contributed by atoms with Crippen LogP contribution in [0.1, 0.15) is 66.9 Å². The average Bonchev–Trinajstić information content (AvgIpc) is 2.74. The fourth-order valence-electron chi connectivity index (χ4n) is 4.15. The van der Waals surface area contributed by atoms with Gasteiger partial charge < -0.3 is 4.74 Å². The lowest BCUT2D eigenvalue weighted by Crippen LogP contribution is -2.19. The number of hydrogen-bond acceptors (Lipinski definition) is 3. The number of carbonyl (C=O) groups is 1. The summed E-state index contributed by atoms with van der Waals surface area (Å²) in [5, 5.41) is 8.77. The van der Waals surface area contributed by atoms with Crippen LogP contribution < -0.4 is 4.74 Å². The second-order valence-electron chi connectivity index (χ2n) is 7.72. The summed E-state index contributed by atoms with van der Waals surface area (Å²) >= 11 is 0. The number of benzene rings is 2. The van der Waals surface area contributed by atoms with E-state index in [1.54, 1.807) is 18.2 Å². The van der Waals surface area contributed by atoms with Gasteiger partial charge in [-0.2, -0.15) is 5.26 Å². The Morgan fingerprint density at radius 2 is 1.90 bits per heavy atom. The largest absolute Gasteiger partial charge is 0.423 e. The highest BCUT2D eigenvalue weighted by Crippen LogP contribution is 2.40. The van der Waals surface area contributed by atoms with Crippen LogP contribution in [-0.2, 0) is 0 Å². The van der Waals surface area contributed by atoms with Crippen molar-refractivity contribution in [3.05, 3.63) is 65.0 Å². The summed E-state index contributed by atoms with van der Waals surface area (Å²) in [5.74, 6) is 0.278. The summed E-state index contributed by atoms with van der Waals surface area (Å²) in [6.45, 7) is 4.66. The van der Waals surface area contributed by atoms with Gasteiger partial charge in [-0.3, -0.25) is 0 Å². The van der Waals surface area contributed by atoms with Gasteiger partial charge in [0.15, 0.2) is 0 Å². The molecule has 2 aromatic rings. The van der Waals surface area contributed by atoms with E-state index >= 15 is 0 Å². The summed E-state index contributed by atoms with van der Waals surface area (Å²) in [4.78, 5) is 12.3. The van der Waals surface area contributed by atoms with Gasteiger partial charge >= 0.3 is 5.97 Å². The molecule has 0 spiro atoms.